The van der Waals surface area contributed by atoms with E-state index in [0.29, 0.717) is 12.5 Å². The summed E-state index contributed by atoms with van der Waals surface area (Å²) in [7, 11) is 1.94. The van der Waals surface area contributed by atoms with Gasteiger partial charge in [0, 0.05) is 13.1 Å². The fraction of sp³-hybridized carbons (Fsp3) is 0.533. The molecule has 1 aromatic rings. The lowest BCUT2D eigenvalue weighted by Crippen LogP contribution is -2.44. The van der Waals surface area contributed by atoms with Crippen LogP contribution in [0.25, 0.3) is 0 Å². The van der Waals surface area contributed by atoms with Crippen molar-refractivity contribution in [1.29, 1.82) is 0 Å². The van der Waals surface area contributed by atoms with Gasteiger partial charge in [-0.1, -0.05) is 24.3 Å². The van der Waals surface area contributed by atoms with Crippen molar-refractivity contribution < 1.29 is 4.79 Å². The van der Waals surface area contributed by atoms with Crippen molar-refractivity contribution in [3.63, 3.8) is 0 Å². The highest BCUT2D eigenvalue weighted by atomic mass is 16.2. The molecule has 0 unspecified atom stereocenters. The second-order valence-corrected chi connectivity index (χ2v) is 5.09. The number of benzene rings is 1. The highest BCUT2D eigenvalue weighted by Gasteiger charge is 2.21. The Kier molecular flexibility index (Phi) is 4.37. The monoisotopic (exact) mass is 246 g/mol. The van der Waals surface area contributed by atoms with Gasteiger partial charge in [0.05, 0.1) is 6.42 Å². The van der Waals surface area contributed by atoms with Crippen LogP contribution >= 0.6 is 0 Å². The summed E-state index contributed by atoms with van der Waals surface area (Å²) in [5.74, 6) is 0.233. The number of aryl methyl sites for hydroxylation is 1. The van der Waals surface area contributed by atoms with E-state index in [1.807, 2.05) is 30.1 Å². The average Bonchev–Trinajstić information content (AvgIpc) is 2.41. The SMILES string of the molecule is Cc1ccccc1CC(=O)N(C)C1CCNCC1. The van der Waals surface area contributed by atoms with Gasteiger partial charge in [-0.2, -0.15) is 0 Å². The zero-order chi connectivity index (χ0) is 13.0. The summed E-state index contributed by atoms with van der Waals surface area (Å²) in [5, 5.41) is 3.33. The Labute approximate surface area is 109 Å². The molecule has 2 rings (SSSR count). The Bertz CT molecular complexity index is 411. The molecule has 0 radical (unpaired) electrons. The standard InChI is InChI=1S/C15H22N2O/c1-12-5-3-4-6-13(12)11-15(18)17(2)14-7-9-16-10-8-14/h3-6,14,16H,7-11H2,1-2H3. The predicted octanol–water partition coefficient (Wildman–Crippen LogP) is 1.75. The van der Waals surface area contributed by atoms with Gasteiger partial charge in [0.25, 0.3) is 0 Å². The predicted molar refractivity (Wildman–Crippen MR) is 73.5 cm³/mol. The van der Waals surface area contributed by atoms with Crippen molar-refractivity contribution in [3.8, 4) is 0 Å². The molecule has 1 saturated heterocycles. The minimum atomic E-state index is 0.233. The number of amides is 1. The van der Waals surface area contributed by atoms with Gasteiger partial charge in [0.2, 0.25) is 5.91 Å². The van der Waals surface area contributed by atoms with Crippen LogP contribution in [0.1, 0.15) is 24.0 Å². The van der Waals surface area contributed by atoms with Crippen molar-refractivity contribution in [3.05, 3.63) is 35.4 Å². The van der Waals surface area contributed by atoms with E-state index in [2.05, 4.69) is 18.3 Å². The van der Waals surface area contributed by atoms with Gasteiger partial charge in [-0.3, -0.25) is 4.79 Å². The maximum atomic E-state index is 12.3. The van der Waals surface area contributed by atoms with Crippen molar-refractivity contribution in [2.75, 3.05) is 20.1 Å². The van der Waals surface area contributed by atoms with E-state index in [1.54, 1.807) is 0 Å². The normalized spacial score (nSPS) is 16.6. The van der Waals surface area contributed by atoms with Gasteiger partial charge >= 0.3 is 0 Å². The van der Waals surface area contributed by atoms with Crippen LogP contribution in [0, 0.1) is 6.92 Å². The Morgan fingerprint density at radius 2 is 2.00 bits per heavy atom. The lowest BCUT2D eigenvalue weighted by atomic mass is 10.0. The second kappa shape index (κ2) is 6.01. The van der Waals surface area contributed by atoms with Crippen molar-refractivity contribution >= 4 is 5.91 Å². The van der Waals surface area contributed by atoms with Crippen LogP contribution in [0.3, 0.4) is 0 Å². The van der Waals surface area contributed by atoms with E-state index in [-0.39, 0.29) is 5.91 Å². The summed E-state index contributed by atoms with van der Waals surface area (Å²) in [5.41, 5.74) is 2.34. The van der Waals surface area contributed by atoms with Gasteiger partial charge in [-0.25, -0.2) is 0 Å². The van der Waals surface area contributed by atoms with E-state index >= 15 is 0 Å². The third-order valence-electron chi connectivity index (χ3n) is 3.85. The number of likely N-dealkylation sites (N-methyl/N-ethyl adjacent to an activating group) is 1. The Hall–Kier alpha value is -1.35. The molecule has 1 fully saturated rings. The highest BCUT2D eigenvalue weighted by Crippen LogP contribution is 2.14. The average molecular weight is 246 g/mol. The molecule has 1 amide bonds. The Balaban J connectivity index is 1.97. The lowest BCUT2D eigenvalue weighted by Gasteiger charge is -2.31. The summed E-state index contributed by atoms with van der Waals surface area (Å²) in [6.45, 7) is 4.10. The minimum absolute atomic E-state index is 0.233. The molecule has 1 heterocycles. The molecule has 0 aromatic heterocycles. The number of piperidine rings is 1. The first-order valence-corrected chi connectivity index (χ1v) is 6.69. The Morgan fingerprint density at radius 3 is 2.67 bits per heavy atom. The maximum Gasteiger partial charge on any atom is 0.226 e. The van der Waals surface area contributed by atoms with E-state index in [1.165, 1.54) is 5.56 Å². The number of hydrogen-bond acceptors (Lipinski definition) is 2. The molecule has 0 spiro atoms. The summed E-state index contributed by atoms with van der Waals surface area (Å²) in [6, 6.07) is 8.53. The number of rotatable bonds is 3. The number of carbonyl (C=O) groups excluding carboxylic acids is 1. The largest absolute Gasteiger partial charge is 0.342 e. The van der Waals surface area contributed by atoms with Crippen LogP contribution in [0.15, 0.2) is 24.3 Å². The van der Waals surface area contributed by atoms with Crippen LogP contribution in [0.4, 0.5) is 0 Å². The Morgan fingerprint density at radius 1 is 1.33 bits per heavy atom. The first-order valence-electron chi connectivity index (χ1n) is 6.69. The third kappa shape index (κ3) is 3.10. The van der Waals surface area contributed by atoms with Crippen LogP contribution in [-0.2, 0) is 11.2 Å². The van der Waals surface area contributed by atoms with Crippen LogP contribution < -0.4 is 5.32 Å². The van der Waals surface area contributed by atoms with Crippen molar-refractivity contribution in [2.24, 2.45) is 0 Å². The molecule has 3 nitrogen and oxygen atoms in total. The molecule has 0 aliphatic carbocycles. The second-order valence-electron chi connectivity index (χ2n) is 5.09. The fourth-order valence-electron chi connectivity index (χ4n) is 2.49. The molecule has 1 aliphatic heterocycles. The van der Waals surface area contributed by atoms with E-state index in [4.69, 9.17) is 0 Å². The summed E-state index contributed by atoms with van der Waals surface area (Å²) < 4.78 is 0. The molecule has 0 bridgehead atoms. The number of nitrogens with one attached hydrogen (secondary N) is 1. The summed E-state index contributed by atoms with van der Waals surface area (Å²) >= 11 is 0. The van der Waals surface area contributed by atoms with Gasteiger partial charge in [0.15, 0.2) is 0 Å². The summed E-state index contributed by atoms with van der Waals surface area (Å²) in [6.07, 6.45) is 2.65. The molecule has 1 N–H and O–H groups in total. The van der Waals surface area contributed by atoms with Gasteiger partial charge in [-0.15, -0.1) is 0 Å². The van der Waals surface area contributed by atoms with E-state index in [9.17, 15) is 4.79 Å². The van der Waals surface area contributed by atoms with E-state index < -0.39 is 0 Å². The lowest BCUT2D eigenvalue weighted by molar-refractivity contribution is -0.131. The zero-order valence-electron chi connectivity index (χ0n) is 11.3. The van der Waals surface area contributed by atoms with Crippen LogP contribution in [0.5, 0.6) is 0 Å². The molecular weight excluding hydrogens is 224 g/mol. The number of carbonyl (C=O) groups is 1. The zero-order valence-corrected chi connectivity index (χ0v) is 11.3. The third-order valence-corrected chi connectivity index (χ3v) is 3.85. The number of nitrogens with zero attached hydrogens (tertiary/aromatic N) is 1. The van der Waals surface area contributed by atoms with E-state index in [0.717, 1.165) is 31.5 Å². The smallest absolute Gasteiger partial charge is 0.226 e. The van der Waals surface area contributed by atoms with Crippen molar-refractivity contribution in [2.45, 2.75) is 32.2 Å². The minimum Gasteiger partial charge on any atom is -0.342 e. The summed E-state index contributed by atoms with van der Waals surface area (Å²) in [4.78, 5) is 14.2. The maximum absolute atomic E-state index is 12.3. The van der Waals surface area contributed by atoms with Gasteiger partial charge in [0.1, 0.15) is 0 Å². The van der Waals surface area contributed by atoms with Crippen LogP contribution in [0.2, 0.25) is 0 Å². The fourth-order valence-corrected chi connectivity index (χ4v) is 2.49. The molecule has 18 heavy (non-hydrogen) atoms. The molecule has 98 valence electrons. The van der Waals surface area contributed by atoms with Crippen LogP contribution in [-0.4, -0.2) is 37.0 Å². The molecule has 3 heteroatoms. The molecule has 0 atom stereocenters. The molecule has 1 aromatic carbocycles. The topological polar surface area (TPSA) is 32.3 Å². The molecule has 1 aliphatic rings. The highest BCUT2D eigenvalue weighted by molar-refractivity contribution is 5.79. The quantitative estimate of drug-likeness (QED) is 0.881. The molecule has 0 saturated carbocycles. The molecular formula is C15H22N2O. The van der Waals surface area contributed by atoms with Gasteiger partial charge < -0.3 is 10.2 Å². The first kappa shape index (κ1) is 13.1. The van der Waals surface area contributed by atoms with Gasteiger partial charge in [-0.05, 0) is 44.0 Å². The first-order chi connectivity index (χ1) is 8.68. The number of hydrogen-bond donors (Lipinski definition) is 1. The van der Waals surface area contributed by atoms with Crippen molar-refractivity contribution in [1.82, 2.24) is 10.2 Å².